The minimum Gasteiger partial charge on any atom is -0.460 e. The molecule has 0 radical (unpaired) electrons. The highest BCUT2D eigenvalue weighted by Crippen LogP contribution is 2.11. The van der Waals surface area contributed by atoms with Crippen molar-refractivity contribution in [1.82, 2.24) is 0 Å². The van der Waals surface area contributed by atoms with Gasteiger partial charge in [-0.1, -0.05) is 35.2 Å². The van der Waals surface area contributed by atoms with E-state index in [1.807, 2.05) is 20.8 Å². The van der Waals surface area contributed by atoms with E-state index in [0.29, 0.717) is 6.42 Å². The van der Waals surface area contributed by atoms with Crippen LogP contribution in [0, 0.1) is 0 Å². The second kappa shape index (κ2) is 8.14. The van der Waals surface area contributed by atoms with Crippen molar-refractivity contribution in [3.63, 3.8) is 0 Å². The molecule has 0 atom stereocenters. The van der Waals surface area contributed by atoms with Gasteiger partial charge in [-0.15, -0.1) is 0 Å². The Bertz CT molecular complexity index is 173. The second-order valence-electron chi connectivity index (χ2n) is 4.79. The Morgan fingerprint density at radius 1 is 1.07 bits per heavy atom. The van der Waals surface area contributed by atoms with Gasteiger partial charge in [0, 0.05) is 11.8 Å². The molecule has 0 aromatic rings. The fraction of sp³-hybridized carbons (Fsp3) is 0.917. The predicted molar refractivity (Wildman–Crippen MR) is 67.3 cm³/mol. The topological polar surface area (TPSA) is 26.3 Å². The average molecular weight is 279 g/mol. The molecule has 2 nitrogen and oxygen atoms in total. The van der Waals surface area contributed by atoms with Gasteiger partial charge in [0.25, 0.3) is 0 Å². The zero-order valence-electron chi connectivity index (χ0n) is 10.1. The number of hydrogen-bond acceptors (Lipinski definition) is 2. The molecular weight excluding hydrogens is 256 g/mol. The molecule has 0 rings (SSSR count). The van der Waals surface area contributed by atoms with Gasteiger partial charge in [0.1, 0.15) is 5.60 Å². The molecule has 3 heteroatoms. The number of hydrogen-bond donors (Lipinski definition) is 0. The summed E-state index contributed by atoms with van der Waals surface area (Å²) in [6.45, 7) is 5.71. The van der Waals surface area contributed by atoms with Crippen molar-refractivity contribution >= 4 is 21.9 Å². The van der Waals surface area contributed by atoms with Crippen LogP contribution < -0.4 is 0 Å². The van der Waals surface area contributed by atoms with E-state index in [-0.39, 0.29) is 11.6 Å². The lowest BCUT2D eigenvalue weighted by molar-refractivity contribution is -0.154. The van der Waals surface area contributed by atoms with Crippen LogP contribution in [0.5, 0.6) is 0 Å². The highest BCUT2D eigenvalue weighted by molar-refractivity contribution is 9.09. The first-order chi connectivity index (χ1) is 6.95. The van der Waals surface area contributed by atoms with Gasteiger partial charge < -0.3 is 4.74 Å². The van der Waals surface area contributed by atoms with E-state index in [2.05, 4.69) is 15.9 Å². The molecule has 0 aromatic carbocycles. The maximum absolute atomic E-state index is 11.3. The summed E-state index contributed by atoms with van der Waals surface area (Å²) in [5.74, 6) is -0.0667. The molecule has 0 spiro atoms. The number of halogens is 1. The molecule has 0 aliphatic carbocycles. The number of unbranched alkanes of at least 4 members (excludes halogenated alkanes) is 4. The molecule has 0 saturated carbocycles. The van der Waals surface area contributed by atoms with Crippen molar-refractivity contribution in [2.24, 2.45) is 0 Å². The maximum atomic E-state index is 11.3. The summed E-state index contributed by atoms with van der Waals surface area (Å²) in [6.07, 6.45) is 6.34. The molecule has 90 valence electrons. The Morgan fingerprint density at radius 3 is 2.13 bits per heavy atom. The van der Waals surface area contributed by atoms with Crippen LogP contribution in [0.3, 0.4) is 0 Å². The quantitative estimate of drug-likeness (QED) is 0.399. The number of rotatable bonds is 7. The van der Waals surface area contributed by atoms with Crippen molar-refractivity contribution < 1.29 is 9.53 Å². The normalized spacial score (nSPS) is 11.5. The predicted octanol–water partition coefficient (Wildman–Crippen LogP) is 4.06. The van der Waals surface area contributed by atoms with Crippen LogP contribution in [0.1, 0.15) is 59.3 Å². The molecule has 0 aliphatic heterocycles. The van der Waals surface area contributed by atoms with E-state index < -0.39 is 0 Å². The van der Waals surface area contributed by atoms with Crippen molar-refractivity contribution in [2.45, 2.75) is 64.9 Å². The Balaban J connectivity index is 3.32. The fourth-order valence-corrected chi connectivity index (χ4v) is 1.68. The van der Waals surface area contributed by atoms with E-state index in [4.69, 9.17) is 4.74 Å². The summed E-state index contributed by atoms with van der Waals surface area (Å²) in [7, 11) is 0. The van der Waals surface area contributed by atoms with Crippen LogP contribution in [-0.4, -0.2) is 16.9 Å². The maximum Gasteiger partial charge on any atom is 0.306 e. The third-order valence-electron chi connectivity index (χ3n) is 1.93. The van der Waals surface area contributed by atoms with Gasteiger partial charge in [0.2, 0.25) is 0 Å². The Labute approximate surface area is 102 Å². The van der Waals surface area contributed by atoms with Crippen LogP contribution in [0.4, 0.5) is 0 Å². The number of carbonyl (C=O) groups excluding carboxylic acids is 1. The minimum atomic E-state index is -0.340. The Morgan fingerprint density at radius 2 is 1.60 bits per heavy atom. The van der Waals surface area contributed by atoms with Crippen molar-refractivity contribution in [2.75, 3.05) is 5.33 Å². The molecule has 0 saturated heterocycles. The van der Waals surface area contributed by atoms with Crippen LogP contribution >= 0.6 is 15.9 Å². The first-order valence-corrected chi connectivity index (χ1v) is 6.85. The summed E-state index contributed by atoms with van der Waals surface area (Å²) in [4.78, 5) is 11.3. The molecule has 0 amide bonds. The lowest BCUT2D eigenvalue weighted by atomic mass is 10.1. The van der Waals surface area contributed by atoms with E-state index in [1.54, 1.807) is 0 Å². The molecule has 0 aromatic heterocycles. The minimum absolute atomic E-state index is 0.0667. The molecule has 0 aliphatic rings. The average Bonchev–Trinajstić information content (AvgIpc) is 2.08. The van der Waals surface area contributed by atoms with Gasteiger partial charge in [-0.25, -0.2) is 0 Å². The number of esters is 1. The van der Waals surface area contributed by atoms with Crippen LogP contribution in [0.2, 0.25) is 0 Å². The smallest absolute Gasteiger partial charge is 0.306 e. The van der Waals surface area contributed by atoms with E-state index >= 15 is 0 Å². The van der Waals surface area contributed by atoms with E-state index in [9.17, 15) is 4.79 Å². The van der Waals surface area contributed by atoms with Crippen LogP contribution in [0.25, 0.3) is 0 Å². The highest BCUT2D eigenvalue weighted by atomic mass is 79.9. The summed E-state index contributed by atoms with van der Waals surface area (Å²) < 4.78 is 5.22. The van der Waals surface area contributed by atoms with Gasteiger partial charge >= 0.3 is 5.97 Å². The van der Waals surface area contributed by atoms with E-state index in [1.165, 1.54) is 19.3 Å². The number of alkyl halides is 1. The summed E-state index contributed by atoms with van der Waals surface area (Å²) in [5.41, 5.74) is -0.340. The number of ether oxygens (including phenoxy) is 1. The molecule has 15 heavy (non-hydrogen) atoms. The zero-order valence-corrected chi connectivity index (χ0v) is 11.7. The molecule has 0 unspecified atom stereocenters. The fourth-order valence-electron chi connectivity index (χ4n) is 1.29. The molecule has 0 N–H and O–H groups in total. The second-order valence-corrected chi connectivity index (χ2v) is 5.59. The van der Waals surface area contributed by atoms with Gasteiger partial charge in [0.15, 0.2) is 0 Å². The van der Waals surface area contributed by atoms with Gasteiger partial charge in [-0.05, 0) is 33.6 Å². The lowest BCUT2D eigenvalue weighted by Gasteiger charge is -2.19. The highest BCUT2D eigenvalue weighted by Gasteiger charge is 2.15. The Kier molecular flexibility index (Phi) is 8.12. The van der Waals surface area contributed by atoms with Gasteiger partial charge in [-0.2, -0.15) is 0 Å². The van der Waals surface area contributed by atoms with Crippen molar-refractivity contribution in [1.29, 1.82) is 0 Å². The summed E-state index contributed by atoms with van der Waals surface area (Å²) >= 11 is 3.40. The van der Waals surface area contributed by atoms with Crippen LogP contribution in [-0.2, 0) is 9.53 Å². The van der Waals surface area contributed by atoms with Crippen LogP contribution in [0.15, 0.2) is 0 Å². The van der Waals surface area contributed by atoms with Gasteiger partial charge in [0.05, 0.1) is 0 Å². The third-order valence-corrected chi connectivity index (χ3v) is 2.50. The first kappa shape index (κ1) is 14.9. The van der Waals surface area contributed by atoms with Gasteiger partial charge in [-0.3, -0.25) is 4.79 Å². The zero-order chi connectivity index (χ0) is 11.7. The molecule has 0 fully saturated rings. The first-order valence-electron chi connectivity index (χ1n) is 5.73. The number of carbonyl (C=O) groups is 1. The monoisotopic (exact) mass is 278 g/mol. The largest absolute Gasteiger partial charge is 0.460 e. The molecular formula is C12H23BrO2. The summed E-state index contributed by atoms with van der Waals surface area (Å²) in [5, 5.41) is 1.08. The molecule has 0 bridgehead atoms. The van der Waals surface area contributed by atoms with Crippen molar-refractivity contribution in [3.05, 3.63) is 0 Å². The van der Waals surface area contributed by atoms with E-state index in [0.717, 1.165) is 18.2 Å². The third kappa shape index (κ3) is 11.9. The lowest BCUT2D eigenvalue weighted by Crippen LogP contribution is -2.23. The SMILES string of the molecule is CC(C)(C)OC(=O)CCCCCCCBr. The Hall–Kier alpha value is -0.0500. The summed E-state index contributed by atoms with van der Waals surface area (Å²) in [6, 6.07) is 0. The van der Waals surface area contributed by atoms with Crippen molar-refractivity contribution in [3.8, 4) is 0 Å². The molecule has 0 heterocycles. The standard InChI is InChI=1S/C12H23BrO2/c1-12(2,3)15-11(14)9-7-5-4-6-8-10-13/h4-10H2,1-3H3.